The summed E-state index contributed by atoms with van der Waals surface area (Å²) in [5, 5.41) is 2.92. The summed E-state index contributed by atoms with van der Waals surface area (Å²) in [6, 6.07) is 3.60. The van der Waals surface area contributed by atoms with Crippen molar-refractivity contribution in [2.24, 2.45) is 0 Å². The lowest BCUT2D eigenvalue weighted by Gasteiger charge is -2.33. The van der Waals surface area contributed by atoms with Crippen LogP contribution in [0.5, 0.6) is 0 Å². The van der Waals surface area contributed by atoms with Crippen molar-refractivity contribution >= 4 is 11.8 Å². The summed E-state index contributed by atoms with van der Waals surface area (Å²) in [5.74, 6) is 1.25. The number of hydrogen-bond acceptors (Lipinski definition) is 4. The quantitative estimate of drug-likeness (QED) is 0.773. The number of rotatable bonds is 7. The van der Waals surface area contributed by atoms with Gasteiger partial charge in [0.1, 0.15) is 5.76 Å². The first-order valence-corrected chi connectivity index (χ1v) is 8.51. The Labute approximate surface area is 137 Å². The normalized spacial score (nSPS) is 15.7. The molecule has 1 saturated heterocycles. The van der Waals surface area contributed by atoms with Crippen LogP contribution < -0.4 is 5.32 Å². The number of unbranched alkanes of at least 4 members (excludes halogenated alkanes) is 1. The predicted molar refractivity (Wildman–Crippen MR) is 88.3 cm³/mol. The highest BCUT2D eigenvalue weighted by molar-refractivity contribution is 5.91. The van der Waals surface area contributed by atoms with Crippen molar-refractivity contribution in [1.29, 1.82) is 0 Å². The van der Waals surface area contributed by atoms with Gasteiger partial charge in [0.05, 0.1) is 6.54 Å². The van der Waals surface area contributed by atoms with Crippen LogP contribution in [-0.2, 0) is 11.2 Å². The van der Waals surface area contributed by atoms with Crippen molar-refractivity contribution in [2.45, 2.75) is 33.1 Å². The van der Waals surface area contributed by atoms with E-state index in [9.17, 15) is 9.59 Å². The average Bonchev–Trinajstić information content (AvgIpc) is 3.04. The summed E-state index contributed by atoms with van der Waals surface area (Å²) >= 11 is 0. The minimum absolute atomic E-state index is 0.0586. The SMILES string of the molecule is CCCCNC(=O)CN1CCN(C(=O)c2ccc(CC)o2)CC1. The molecule has 0 saturated carbocycles. The summed E-state index contributed by atoms with van der Waals surface area (Å²) in [6.07, 6.45) is 2.87. The molecular weight excluding hydrogens is 294 g/mol. The van der Waals surface area contributed by atoms with Crippen molar-refractivity contribution in [3.05, 3.63) is 23.7 Å². The first-order valence-electron chi connectivity index (χ1n) is 8.51. The molecule has 23 heavy (non-hydrogen) atoms. The number of aryl methyl sites for hydroxylation is 1. The molecule has 6 nitrogen and oxygen atoms in total. The number of carbonyl (C=O) groups excluding carboxylic acids is 2. The van der Waals surface area contributed by atoms with Gasteiger partial charge in [0.15, 0.2) is 5.76 Å². The Balaban J connectivity index is 1.75. The van der Waals surface area contributed by atoms with Gasteiger partial charge in [0.25, 0.3) is 5.91 Å². The maximum absolute atomic E-state index is 12.4. The Morgan fingerprint density at radius 3 is 2.52 bits per heavy atom. The van der Waals surface area contributed by atoms with Crippen LogP contribution in [-0.4, -0.2) is 60.9 Å². The second-order valence-corrected chi connectivity index (χ2v) is 5.89. The molecule has 2 heterocycles. The molecule has 1 aromatic heterocycles. The van der Waals surface area contributed by atoms with Crippen LogP contribution >= 0.6 is 0 Å². The van der Waals surface area contributed by atoms with Crippen LogP contribution in [0.15, 0.2) is 16.5 Å². The molecule has 128 valence electrons. The molecule has 2 amide bonds. The first-order chi connectivity index (χ1) is 11.1. The summed E-state index contributed by atoms with van der Waals surface area (Å²) in [6.45, 7) is 7.94. The van der Waals surface area contributed by atoms with Crippen molar-refractivity contribution < 1.29 is 14.0 Å². The zero-order valence-corrected chi connectivity index (χ0v) is 14.1. The number of carbonyl (C=O) groups is 2. The van der Waals surface area contributed by atoms with E-state index < -0.39 is 0 Å². The number of nitrogens with one attached hydrogen (secondary N) is 1. The highest BCUT2D eigenvalue weighted by Crippen LogP contribution is 2.13. The van der Waals surface area contributed by atoms with Crippen molar-refractivity contribution in [3.63, 3.8) is 0 Å². The standard InChI is InChI=1S/C17H27N3O3/c1-3-5-8-18-16(21)13-19-9-11-20(12-10-19)17(22)15-7-6-14(4-2)23-15/h6-7H,3-5,8-13H2,1-2H3,(H,18,21). The van der Waals surface area contributed by atoms with Crippen LogP contribution in [0.3, 0.4) is 0 Å². The van der Waals surface area contributed by atoms with E-state index in [2.05, 4.69) is 17.1 Å². The number of furan rings is 1. The Morgan fingerprint density at radius 1 is 1.17 bits per heavy atom. The third-order valence-electron chi connectivity index (χ3n) is 4.10. The van der Waals surface area contributed by atoms with Gasteiger partial charge in [-0.15, -0.1) is 0 Å². The molecule has 1 aromatic rings. The molecule has 0 unspecified atom stereocenters. The Hall–Kier alpha value is -1.82. The monoisotopic (exact) mass is 321 g/mol. The van der Waals surface area contributed by atoms with Crippen molar-refractivity contribution in [2.75, 3.05) is 39.3 Å². The summed E-state index contributed by atoms with van der Waals surface area (Å²) in [4.78, 5) is 28.1. The van der Waals surface area contributed by atoms with Crippen molar-refractivity contribution in [3.8, 4) is 0 Å². The third kappa shape index (κ3) is 5.10. The molecule has 0 radical (unpaired) electrons. The fraction of sp³-hybridized carbons (Fsp3) is 0.647. The first kappa shape index (κ1) is 17.5. The van der Waals surface area contributed by atoms with Crippen LogP contribution in [0, 0.1) is 0 Å². The average molecular weight is 321 g/mol. The van der Waals surface area contributed by atoms with Crippen LogP contribution in [0.4, 0.5) is 0 Å². The van der Waals surface area contributed by atoms with Gasteiger partial charge in [-0.05, 0) is 18.6 Å². The molecular formula is C17H27N3O3. The number of nitrogens with zero attached hydrogens (tertiary/aromatic N) is 2. The lowest BCUT2D eigenvalue weighted by molar-refractivity contribution is -0.122. The molecule has 6 heteroatoms. The number of piperazine rings is 1. The third-order valence-corrected chi connectivity index (χ3v) is 4.10. The molecule has 1 aliphatic rings. The van der Waals surface area contributed by atoms with Crippen LogP contribution in [0.2, 0.25) is 0 Å². The van der Waals surface area contributed by atoms with Gasteiger partial charge in [0, 0.05) is 39.1 Å². The molecule has 1 aliphatic heterocycles. The van der Waals surface area contributed by atoms with E-state index in [4.69, 9.17) is 4.42 Å². The Morgan fingerprint density at radius 2 is 1.91 bits per heavy atom. The maximum atomic E-state index is 12.4. The minimum atomic E-state index is -0.0586. The lowest BCUT2D eigenvalue weighted by Crippen LogP contribution is -2.51. The Kier molecular flexibility index (Phi) is 6.65. The fourth-order valence-electron chi connectivity index (χ4n) is 2.61. The second kappa shape index (κ2) is 8.72. The van der Waals surface area contributed by atoms with Gasteiger partial charge < -0.3 is 14.6 Å². The lowest BCUT2D eigenvalue weighted by atomic mass is 10.2. The van der Waals surface area contributed by atoms with Crippen molar-refractivity contribution in [1.82, 2.24) is 15.1 Å². The highest BCUT2D eigenvalue weighted by atomic mass is 16.4. The minimum Gasteiger partial charge on any atom is -0.456 e. The smallest absolute Gasteiger partial charge is 0.289 e. The summed E-state index contributed by atoms with van der Waals surface area (Å²) < 4.78 is 5.53. The molecule has 1 N–H and O–H groups in total. The molecule has 0 spiro atoms. The number of amides is 2. The topological polar surface area (TPSA) is 65.8 Å². The van der Waals surface area contributed by atoms with Crippen LogP contribution in [0.25, 0.3) is 0 Å². The Bertz CT molecular complexity index is 519. The van der Waals surface area contributed by atoms with Gasteiger partial charge in [-0.1, -0.05) is 20.3 Å². The van der Waals surface area contributed by atoms with E-state index in [1.807, 2.05) is 13.0 Å². The number of hydrogen-bond donors (Lipinski definition) is 1. The highest BCUT2D eigenvalue weighted by Gasteiger charge is 2.24. The summed E-state index contributed by atoms with van der Waals surface area (Å²) in [7, 11) is 0. The van der Waals surface area contributed by atoms with E-state index in [0.29, 0.717) is 38.5 Å². The van der Waals surface area contributed by atoms with Gasteiger partial charge in [-0.3, -0.25) is 14.5 Å². The van der Waals surface area contributed by atoms with Crippen LogP contribution in [0.1, 0.15) is 43.0 Å². The molecule has 0 atom stereocenters. The van der Waals surface area contributed by atoms with Gasteiger partial charge in [-0.2, -0.15) is 0 Å². The largest absolute Gasteiger partial charge is 0.456 e. The zero-order valence-electron chi connectivity index (χ0n) is 14.1. The molecule has 0 bridgehead atoms. The van der Waals surface area contributed by atoms with Gasteiger partial charge in [-0.25, -0.2) is 0 Å². The van der Waals surface area contributed by atoms with E-state index in [-0.39, 0.29) is 11.8 Å². The predicted octanol–water partition coefficient (Wildman–Crippen LogP) is 1.52. The second-order valence-electron chi connectivity index (χ2n) is 5.89. The van der Waals surface area contributed by atoms with E-state index >= 15 is 0 Å². The maximum Gasteiger partial charge on any atom is 0.289 e. The van der Waals surface area contributed by atoms with Gasteiger partial charge >= 0.3 is 0 Å². The van der Waals surface area contributed by atoms with E-state index in [1.165, 1.54) is 0 Å². The molecule has 1 fully saturated rings. The molecule has 2 rings (SSSR count). The summed E-state index contributed by atoms with van der Waals surface area (Å²) in [5.41, 5.74) is 0. The zero-order chi connectivity index (χ0) is 16.7. The van der Waals surface area contributed by atoms with E-state index in [1.54, 1.807) is 11.0 Å². The van der Waals surface area contributed by atoms with E-state index in [0.717, 1.165) is 31.6 Å². The molecule has 0 aromatic carbocycles. The molecule has 0 aliphatic carbocycles. The fourth-order valence-corrected chi connectivity index (χ4v) is 2.61. The van der Waals surface area contributed by atoms with Gasteiger partial charge in [0.2, 0.25) is 5.91 Å².